The molecule has 0 fully saturated rings. The molecular formula is C16H14F3NO. The van der Waals surface area contributed by atoms with E-state index >= 15 is 0 Å². The van der Waals surface area contributed by atoms with E-state index in [0.717, 1.165) is 29.1 Å². The van der Waals surface area contributed by atoms with Crippen LogP contribution in [0.15, 0.2) is 36.4 Å². The van der Waals surface area contributed by atoms with Crippen molar-refractivity contribution >= 4 is 11.9 Å². The lowest BCUT2D eigenvalue weighted by Gasteiger charge is -2.07. The monoisotopic (exact) mass is 293 g/mol. The summed E-state index contributed by atoms with van der Waals surface area (Å²) in [6.45, 7) is 3.77. The number of rotatable bonds is 3. The van der Waals surface area contributed by atoms with Gasteiger partial charge in [0.25, 0.3) is 0 Å². The summed E-state index contributed by atoms with van der Waals surface area (Å²) in [6.07, 6.45) is -1.61. The first-order chi connectivity index (χ1) is 9.77. The number of benzene rings is 1. The summed E-state index contributed by atoms with van der Waals surface area (Å²) in [5.74, 6) is -0.465. The summed E-state index contributed by atoms with van der Waals surface area (Å²) in [6, 6.07) is 6.33. The highest BCUT2D eigenvalue weighted by molar-refractivity contribution is 6.06. The van der Waals surface area contributed by atoms with E-state index in [9.17, 15) is 18.0 Å². The highest BCUT2D eigenvalue weighted by Gasteiger charge is 2.30. The number of nitrogens with one attached hydrogen (secondary N) is 1. The summed E-state index contributed by atoms with van der Waals surface area (Å²) in [5.41, 5.74) is 1.89. The molecule has 0 aliphatic heterocycles. The fourth-order valence-electron chi connectivity index (χ4n) is 2.03. The predicted octanol–water partition coefficient (Wildman–Crippen LogP) is 4.55. The number of carbonyl (C=O) groups is 1. The molecule has 0 unspecified atom stereocenters. The zero-order valence-electron chi connectivity index (χ0n) is 11.6. The number of aryl methyl sites for hydroxylation is 2. The largest absolute Gasteiger partial charge is 0.416 e. The molecule has 0 radical (unpaired) electrons. The van der Waals surface area contributed by atoms with Crippen molar-refractivity contribution in [3.05, 3.63) is 64.5 Å². The number of allylic oxidation sites excluding steroid dienone is 1. The summed E-state index contributed by atoms with van der Waals surface area (Å²) in [4.78, 5) is 15.0. The maximum atomic E-state index is 12.6. The van der Waals surface area contributed by atoms with Crippen molar-refractivity contribution in [3.63, 3.8) is 0 Å². The Balaban J connectivity index is 2.23. The Morgan fingerprint density at radius 1 is 1.19 bits per heavy atom. The first-order valence-electron chi connectivity index (χ1n) is 6.33. The second kappa shape index (κ2) is 5.60. The molecule has 1 N–H and O–H groups in total. The summed E-state index contributed by atoms with van der Waals surface area (Å²) < 4.78 is 37.8. The van der Waals surface area contributed by atoms with Gasteiger partial charge in [0.2, 0.25) is 0 Å². The predicted molar refractivity (Wildman–Crippen MR) is 75.1 cm³/mol. The normalized spacial score (nSPS) is 12.0. The van der Waals surface area contributed by atoms with Crippen molar-refractivity contribution < 1.29 is 18.0 Å². The molecule has 1 heterocycles. The quantitative estimate of drug-likeness (QED) is 0.653. The van der Waals surface area contributed by atoms with Crippen LogP contribution in [0.3, 0.4) is 0 Å². The van der Waals surface area contributed by atoms with E-state index in [1.807, 2.05) is 19.9 Å². The molecule has 0 saturated heterocycles. The van der Waals surface area contributed by atoms with E-state index in [2.05, 4.69) is 4.98 Å². The van der Waals surface area contributed by atoms with Gasteiger partial charge in [0, 0.05) is 17.0 Å². The number of ketones is 1. The average Bonchev–Trinajstić information content (AvgIpc) is 2.73. The molecule has 0 aliphatic rings. The van der Waals surface area contributed by atoms with Gasteiger partial charge in [-0.15, -0.1) is 0 Å². The highest BCUT2D eigenvalue weighted by Crippen LogP contribution is 2.29. The molecule has 2 rings (SSSR count). The van der Waals surface area contributed by atoms with Crippen molar-refractivity contribution in [1.82, 2.24) is 4.98 Å². The summed E-state index contributed by atoms with van der Waals surface area (Å²) in [7, 11) is 0. The fourth-order valence-corrected chi connectivity index (χ4v) is 2.03. The second-order valence-corrected chi connectivity index (χ2v) is 4.83. The minimum atomic E-state index is -4.45. The number of halogens is 3. The molecule has 110 valence electrons. The molecule has 2 nitrogen and oxygen atoms in total. The van der Waals surface area contributed by atoms with Gasteiger partial charge in [-0.05, 0) is 49.8 Å². The minimum absolute atomic E-state index is 0.0157. The molecule has 21 heavy (non-hydrogen) atoms. The standard InChI is InChI=1S/C16H14F3NO/c1-10-8-11(2)20-14(10)6-7-15(21)12-4-3-5-13(9-12)16(17,18)19/h3-9,20H,1-2H3/b7-6+. The number of carbonyl (C=O) groups excluding carboxylic acids is 1. The van der Waals surface area contributed by atoms with Crippen LogP contribution in [-0.4, -0.2) is 10.8 Å². The van der Waals surface area contributed by atoms with Crippen LogP contribution >= 0.6 is 0 Å². The Morgan fingerprint density at radius 2 is 1.90 bits per heavy atom. The van der Waals surface area contributed by atoms with E-state index in [0.29, 0.717) is 0 Å². The van der Waals surface area contributed by atoms with Crippen LogP contribution in [0.2, 0.25) is 0 Å². The number of hydrogen-bond acceptors (Lipinski definition) is 1. The van der Waals surface area contributed by atoms with Gasteiger partial charge < -0.3 is 4.98 Å². The fraction of sp³-hybridized carbons (Fsp3) is 0.188. The summed E-state index contributed by atoms with van der Waals surface area (Å²) in [5, 5.41) is 0. The maximum absolute atomic E-state index is 12.6. The number of H-pyrrole nitrogens is 1. The van der Waals surface area contributed by atoms with Gasteiger partial charge in [-0.25, -0.2) is 0 Å². The molecule has 1 aromatic heterocycles. The first kappa shape index (κ1) is 15.1. The molecule has 0 aliphatic carbocycles. The van der Waals surface area contributed by atoms with Crippen LogP contribution in [0, 0.1) is 13.8 Å². The van der Waals surface area contributed by atoms with Crippen molar-refractivity contribution in [2.45, 2.75) is 20.0 Å². The molecular weight excluding hydrogens is 279 g/mol. The number of aromatic nitrogens is 1. The Morgan fingerprint density at radius 3 is 2.48 bits per heavy atom. The van der Waals surface area contributed by atoms with Gasteiger partial charge in [-0.2, -0.15) is 13.2 Å². The molecule has 0 atom stereocenters. The maximum Gasteiger partial charge on any atom is 0.416 e. The van der Waals surface area contributed by atoms with E-state index in [1.54, 1.807) is 6.08 Å². The zero-order valence-corrected chi connectivity index (χ0v) is 11.6. The van der Waals surface area contributed by atoms with Crippen LogP contribution in [0.5, 0.6) is 0 Å². The van der Waals surface area contributed by atoms with Crippen molar-refractivity contribution in [3.8, 4) is 0 Å². The van der Waals surface area contributed by atoms with Gasteiger partial charge in [-0.1, -0.05) is 12.1 Å². The average molecular weight is 293 g/mol. The van der Waals surface area contributed by atoms with Gasteiger partial charge in [0.05, 0.1) is 5.56 Å². The van der Waals surface area contributed by atoms with Crippen LogP contribution in [0.25, 0.3) is 6.08 Å². The number of aromatic amines is 1. The molecule has 0 saturated carbocycles. The molecule has 2 aromatic rings. The third-order valence-corrected chi connectivity index (χ3v) is 3.07. The van der Waals surface area contributed by atoms with Crippen LogP contribution in [0.4, 0.5) is 13.2 Å². The van der Waals surface area contributed by atoms with Crippen LogP contribution < -0.4 is 0 Å². The summed E-state index contributed by atoms with van der Waals surface area (Å²) >= 11 is 0. The van der Waals surface area contributed by atoms with E-state index in [1.165, 1.54) is 18.2 Å². The SMILES string of the molecule is Cc1cc(C)c(/C=C/C(=O)c2cccc(C(F)(F)F)c2)[nH]1. The third-order valence-electron chi connectivity index (χ3n) is 3.07. The van der Waals surface area contributed by atoms with Crippen LogP contribution in [0.1, 0.15) is 32.9 Å². The van der Waals surface area contributed by atoms with Gasteiger partial charge in [0.15, 0.2) is 5.78 Å². The third kappa shape index (κ3) is 3.62. The lowest BCUT2D eigenvalue weighted by Crippen LogP contribution is -2.06. The van der Waals surface area contributed by atoms with Gasteiger partial charge >= 0.3 is 6.18 Å². The van der Waals surface area contributed by atoms with Gasteiger partial charge in [-0.3, -0.25) is 4.79 Å². The smallest absolute Gasteiger partial charge is 0.359 e. The zero-order chi connectivity index (χ0) is 15.6. The Hall–Kier alpha value is -2.30. The Labute approximate surface area is 120 Å². The molecule has 1 aromatic carbocycles. The van der Waals surface area contributed by atoms with Crippen LogP contribution in [-0.2, 0) is 6.18 Å². The second-order valence-electron chi connectivity index (χ2n) is 4.83. The van der Waals surface area contributed by atoms with E-state index < -0.39 is 17.5 Å². The van der Waals surface area contributed by atoms with E-state index in [-0.39, 0.29) is 5.56 Å². The topological polar surface area (TPSA) is 32.9 Å². The molecule has 0 spiro atoms. The minimum Gasteiger partial charge on any atom is -0.359 e. The van der Waals surface area contributed by atoms with Crippen molar-refractivity contribution in [2.75, 3.05) is 0 Å². The van der Waals surface area contributed by atoms with E-state index in [4.69, 9.17) is 0 Å². The number of alkyl halides is 3. The molecule has 0 amide bonds. The first-order valence-corrected chi connectivity index (χ1v) is 6.33. The Kier molecular flexibility index (Phi) is 4.02. The molecule has 0 bridgehead atoms. The van der Waals surface area contributed by atoms with Crippen molar-refractivity contribution in [2.24, 2.45) is 0 Å². The Bertz CT molecular complexity index is 696. The highest BCUT2D eigenvalue weighted by atomic mass is 19.4. The van der Waals surface area contributed by atoms with Gasteiger partial charge in [0.1, 0.15) is 0 Å². The lowest BCUT2D eigenvalue weighted by molar-refractivity contribution is -0.137. The lowest BCUT2D eigenvalue weighted by atomic mass is 10.1. The molecule has 5 heteroatoms. The number of hydrogen-bond donors (Lipinski definition) is 1. The van der Waals surface area contributed by atoms with Crippen molar-refractivity contribution in [1.29, 1.82) is 0 Å².